The zero-order chi connectivity index (χ0) is 13.0. The maximum absolute atomic E-state index is 10.8. The standard InChI is InChI=1S/C10H9N3O4/c1-3-4-11-8-5-7(2)9(12(14)15)6-10(8)13(16)17/h1,5-6,11H,4H2,2H3. The van der Waals surface area contributed by atoms with Crippen LogP contribution in [0.4, 0.5) is 17.1 Å². The Bertz CT molecular complexity index is 519. The van der Waals surface area contributed by atoms with Gasteiger partial charge in [-0.15, -0.1) is 6.42 Å². The van der Waals surface area contributed by atoms with E-state index >= 15 is 0 Å². The molecular formula is C10H9N3O4. The molecule has 1 rings (SSSR count). The largest absolute Gasteiger partial charge is 0.369 e. The summed E-state index contributed by atoms with van der Waals surface area (Å²) in [6.45, 7) is 1.61. The summed E-state index contributed by atoms with van der Waals surface area (Å²) in [6, 6.07) is 2.27. The number of nitrogens with zero attached hydrogens (tertiary/aromatic N) is 2. The van der Waals surface area contributed by atoms with Crippen molar-refractivity contribution in [3.8, 4) is 12.3 Å². The highest BCUT2D eigenvalue weighted by Crippen LogP contribution is 2.31. The first kappa shape index (κ1) is 12.4. The van der Waals surface area contributed by atoms with E-state index in [1.165, 1.54) is 13.0 Å². The molecule has 0 bridgehead atoms. The molecule has 0 saturated heterocycles. The van der Waals surface area contributed by atoms with Gasteiger partial charge in [0, 0.05) is 5.56 Å². The van der Waals surface area contributed by atoms with Crippen molar-refractivity contribution in [2.45, 2.75) is 6.92 Å². The monoisotopic (exact) mass is 235 g/mol. The highest BCUT2D eigenvalue weighted by molar-refractivity contribution is 5.68. The van der Waals surface area contributed by atoms with Crippen LogP contribution >= 0.6 is 0 Å². The Hall–Kier alpha value is -2.62. The van der Waals surface area contributed by atoms with Crippen LogP contribution in [0.1, 0.15) is 5.56 Å². The Labute approximate surface area is 96.7 Å². The number of nitro benzene ring substituents is 2. The Morgan fingerprint density at radius 3 is 2.35 bits per heavy atom. The van der Waals surface area contributed by atoms with E-state index in [4.69, 9.17) is 6.42 Å². The minimum Gasteiger partial charge on any atom is -0.369 e. The summed E-state index contributed by atoms with van der Waals surface area (Å²) in [5.41, 5.74) is -0.142. The van der Waals surface area contributed by atoms with Crippen LogP contribution < -0.4 is 5.32 Å². The summed E-state index contributed by atoms with van der Waals surface area (Å²) < 4.78 is 0. The van der Waals surface area contributed by atoms with E-state index in [1.54, 1.807) is 0 Å². The highest BCUT2D eigenvalue weighted by atomic mass is 16.6. The van der Waals surface area contributed by atoms with Gasteiger partial charge in [0.05, 0.1) is 22.5 Å². The Morgan fingerprint density at radius 1 is 1.29 bits per heavy atom. The number of hydrogen-bond acceptors (Lipinski definition) is 5. The van der Waals surface area contributed by atoms with Gasteiger partial charge in [-0.25, -0.2) is 0 Å². The lowest BCUT2D eigenvalue weighted by molar-refractivity contribution is -0.394. The molecule has 1 aromatic carbocycles. The summed E-state index contributed by atoms with van der Waals surface area (Å²) in [5.74, 6) is 2.27. The van der Waals surface area contributed by atoms with E-state index in [0.717, 1.165) is 6.07 Å². The van der Waals surface area contributed by atoms with Gasteiger partial charge in [-0.05, 0) is 13.0 Å². The number of benzene rings is 1. The Balaban J connectivity index is 3.31. The highest BCUT2D eigenvalue weighted by Gasteiger charge is 2.21. The van der Waals surface area contributed by atoms with Gasteiger partial charge in [-0.2, -0.15) is 0 Å². The van der Waals surface area contributed by atoms with Gasteiger partial charge in [0.2, 0.25) is 0 Å². The first-order valence-corrected chi connectivity index (χ1v) is 4.58. The quantitative estimate of drug-likeness (QED) is 0.487. The number of hydrogen-bond donors (Lipinski definition) is 1. The lowest BCUT2D eigenvalue weighted by Crippen LogP contribution is -2.04. The molecule has 0 aliphatic rings. The molecule has 0 radical (unpaired) electrons. The third-order valence-electron chi connectivity index (χ3n) is 2.09. The second kappa shape index (κ2) is 4.94. The fraction of sp³-hybridized carbons (Fsp3) is 0.200. The normalized spacial score (nSPS) is 9.41. The van der Waals surface area contributed by atoms with Crippen LogP contribution in [0, 0.1) is 39.5 Å². The van der Waals surface area contributed by atoms with Crippen molar-refractivity contribution in [2.24, 2.45) is 0 Å². The van der Waals surface area contributed by atoms with Crippen LogP contribution in [-0.4, -0.2) is 16.4 Å². The molecule has 0 aromatic heterocycles. The van der Waals surface area contributed by atoms with Gasteiger partial charge in [0.15, 0.2) is 0 Å². The molecule has 0 fully saturated rings. The van der Waals surface area contributed by atoms with E-state index in [0.29, 0.717) is 5.56 Å². The SMILES string of the molecule is C#CCNc1cc(C)c([N+](=O)[O-])cc1[N+](=O)[O-]. The maximum atomic E-state index is 10.8. The van der Waals surface area contributed by atoms with Crippen LogP contribution in [0.2, 0.25) is 0 Å². The topological polar surface area (TPSA) is 98.3 Å². The average molecular weight is 235 g/mol. The number of terminal acetylenes is 1. The van der Waals surface area contributed by atoms with Crippen molar-refractivity contribution in [3.63, 3.8) is 0 Å². The molecule has 0 heterocycles. The summed E-state index contributed by atoms with van der Waals surface area (Å²) >= 11 is 0. The van der Waals surface area contributed by atoms with Crippen molar-refractivity contribution in [1.29, 1.82) is 0 Å². The number of rotatable bonds is 4. The van der Waals surface area contributed by atoms with Crippen molar-refractivity contribution in [1.82, 2.24) is 0 Å². The van der Waals surface area contributed by atoms with Crippen molar-refractivity contribution < 1.29 is 9.85 Å². The Morgan fingerprint density at radius 2 is 1.88 bits per heavy atom. The molecule has 0 unspecified atom stereocenters. The van der Waals surface area contributed by atoms with Gasteiger partial charge < -0.3 is 5.32 Å². The fourth-order valence-corrected chi connectivity index (χ4v) is 1.32. The van der Waals surface area contributed by atoms with Gasteiger partial charge in [-0.1, -0.05) is 5.92 Å². The van der Waals surface area contributed by atoms with Gasteiger partial charge >= 0.3 is 0 Å². The van der Waals surface area contributed by atoms with Crippen LogP contribution in [0.5, 0.6) is 0 Å². The average Bonchev–Trinajstić information content (AvgIpc) is 2.25. The molecular weight excluding hydrogens is 226 g/mol. The molecule has 0 amide bonds. The van der Waals surface area contributed by atoms with Gasteiger partial charge in [0.1, 0.15) is 5.69 Å². The second-order valence-electron chi connectivity index (χ2n) is 3.23. The number of nitrogens with one attached hydrogen (secondary N) is 1. The van der Waals surface area contributed by atoms with E-state index in [-0.39, 0.29) is 23.6 Å². The molecule has 17 heavy (non-hydrogen) atoms. The maximum Gasteiger partial charge on any atom is 0.299 e. The van der Waals surface area contributed by atoms with Crippen LogP contribution in [0.25, 0.3) is 0 Å². The van der Waals surface area contributed by atoms with Crippen LogP contribution in [0.3, 0.4) is 0 Å². The molecule has 1 aromatic rings. The number of aryl methyl sites for hydroxylation is 1. The summed E-state index contributed by atoms with van der Waals surface area (Å²) in [5, 5.41) is 24.1. The smallest absolute Gasteiger partial charge is 0.299 e. The van der Waals surface area contributed by atoms with E-state index in [9.17, 15) is 20.2 Å². The number of nitro groups is 2. The summed E-state index contributed by atoms with van der Waals surface area (Å²) in [4.78, 5) is 20.1. The van der Waals surface area contributed by atoms with Crippen molar-refractivity contribution in [2.75, 3.05) is 11.9 Å². The molecule has 88 valence electrons. The lowest BCUT2D eigenvalue weighted by Gasteiger charge is -2.05. The molecule has 0 aliphatic carbocycles. The van der Waals surface area contributed by atoms with E-state index < -0.39 is 9.85 Å². The number of anilines is 1. The molecule has 0 saturated carbocycles. The molecule has 7 heteroatoms. The molecule has 0 spiro atoms. The summed E-state index contributed by atoms with van der Waals surface area (Å²) in [7, 11) is 0. The first-order valence-electron chi connectivity index (χ1n) is 4.58. The van der Waals surface area contributed by atoms with E-state index in [1.807, 2.05) is 0 Å². The minimum atomic E-state index is -0.689. The predicted octanol–water partition coefficient (Wildman–Crippen LogP) is 1.86. The van der Waals surface area contributed by atoms with E-state index in [2.05, 4.69) is 11.2 Å². The zero-order valence-corrected chi connectivity index (χ0v) is 8.97. The predicted molar refractivity (Wildman–Crippen MR) is 61.8 cm³/mol. The van der Waals surface area contributed by atoms with Crippen LogP contribution in [0.15, 0.2) is 12.1 Å². The molecule has 7 nitrogen and oxygen atoms in total. The van der Waals surface area contributed by atoms with Gasteiger partial charge in [-0.3, -0.25) is 20.2 Å². The van der Waals surface area contributed by atoms with Crippen LogP contribution in [-0.2, 0) is 0 Å². The van der Waals surface area contributed by atoms with Gasteiger partial charge in [0.25, 0.3) is 11.4 Å². The third kappa shape index (κ3) is 2.69. The lowest BCUT2D eigenvalue weighted by atomic mass is 10.1. The minimum absolute atomic E-state index is 0.109. The molecule has 1 N–H and O–H groups in total. The first-order chi connectivity index (χ1) is 7.97. The fourth-order valence-electron chi connectivity index (χ4n) is 1.32. The third-order valence-corrected chi connectivity index (χ3v) is 2.09. The molecule has 0 atom stereocenters. The summed E-state index contributed by atoms with van der Waals surface area (Å²) in [6.07, 6.45) is 5.03. The second-order valence-corrected chi connectivity index (χ2v) is 3.23. The Kier molecular flexibility index (Phi) is 3.62. The zero-order valence-electron chi connectivity index (χ0n) is 8.97. The van der Waals surface area contributed by atoms with Crippen molar-refractivity contribution in [3.05, 3.63) is 37.9 Å². The molecule has 0 aliphatic heterocycles. The van der Waals surface area contributed by atoms with Crippen molar-refractivity contribution >= 4 is 17.1 Å².